The van der Waals surface area contributed by atoms with Crippen molar-refractivity contribution in [2.45, 2.75) is 38.8 Å². The van der Waals surface area contributed by atoms with Crippen LogP contribution < -0.4 is 16.4 Å². The van der Waals surface area contributed by atoms with E-state index in [0.29, 0.717) is 19.6 Å². The minimum atomic E-state index is -0.470. The first-order valence-corrected chi connectivity index (χ1v) is 12.1. The number of rotatable bonds is 9. The lowest BCUT2D eigenvalue weighted by Crippen LogP contribution is -2.44. The Balaban J connectivity index is 1.53. The van der Waals surface area contributed by atoms with Crippen LogP contribution >= 0.6 is 0 Å². The summed E-state index contributed by atoms with van der Waals surface area (Å²) in [5.41, 5.74) is 9.05. The summed E-state index contributed by atoms with van der Waals surface area (Å²) in [5.74, 6) is 1.60. The van der Waals surface area contributed by atoms with E-state index in [0.717, 1.165) is 46.9 Å². The molecular weight excluding hydrogens is 442 g/mol. The Labute approximate surface area is 206 Å². The van der Waals surface area contributed by atoms with Crippen molar-refractivity contribution in [1.29, 1.82) is 0 Å². The van der Waals surface area contributed by atoms with Gasteiger partial charge in [0.1, 0.15) is 5.82 Å². The third-order valence-corrected chi connectivity index (χ3v) is 6.45. The number of carbonyl (C=O) groups excluding carboxylic acids is 1. The second-order valence-electron chi connectivity index (χ2n) is 9.58. The van der Waals surface area contributed by atoms with Crippen LogP contribution in [-0.4, -0.2) is 63.3 Å². The Morgan fingerprint density at radius 1 is 1.31 bits per heavy atom. The molecule has 0 spiro atoms. The molecule has 1 amide bonds. The fraction of sp³-hybridized carbons (Fsp3) is 0.423. The lowest BCUT2D eigenvalue weighted by Gasteiger charge is -2.33. The molecule has 0 aliphatic carbocycles. The van der Waals surface area contributed by atoms with Gasteiger partial charge in [0.2, 0.25) is 5.91 Å². The van der Waals surface area contributed by atoms with Gasteiger partial charge < -0.3 is 26.4 Å². The number of benzene rings is 1. The number of carbonyl (C=O) groups is 1. The number of aromatic nitrogens is 3. The molecule has 5 N–H and O–H groups in total. The number of primary amides is 1. The van der Waals surface area contributed by atoms with E-state index in [-0.39, 0.29) is 17.9 Å². The fourth-order valence-electron chi connectivity index (χ4n) is 4.54. The summed E-state index contributed by atoms with van der Waals surface area (Å²) in [7, 11) is 2.04. The highest BCUT2D eigenvalue weighted by molar-refractivity contribution is 5.90. The molecule has 3 heterocycles. The number of anilines is 2. The molecule has 9 nitrogen and oxygen atoms in total. The monoisotopic (exact) mass is 477 g/mol. The largest absolute Gasteiger partial charge is 0.391 e. The molecule has 1 aliphatic rings. The van der Waals surface area contributed by atoms with Crippen molar-refractivity contribution >= 4 is 29.3 Å². The van der Waals surface area contributed by atoms with Gasteiger partial charge in [-0.2, -0.15) is 4.52 Å². The van der Waals surface area contributed by atoms with E-state index in [1.807, 2.05) is 41.9 Å². The van der Waals surface area contributed by atoms with Gasteiger partial charge in [-0.05, 0) is 55.3 Å². The summed E-state index contributed by atoms with van der Waals surface area (Å²) >= 11 is 0. The van der Waals surface area contributed by atoms with Crippen LogP contribution in [0.2, 0.25) is 0 Å². The number of nitrogens with zero attached hydrogens (tertiary/aromatic N) is 4. The Bertz CT molecular complexity index is 1200. The van der Waals surface area contributed by atoms with Crippen molar-refractivity contribution in [2.24, 2.45) is 11.7 Å². The molecule has 0 bridgehead atoms. The topological polar surface area (TPSA) is 121 Å². The first kappa shape index (κ1) is 24.7. The number of hydrogen-bond acceptors (Lipinski definition) is 7. The number of β-amino-alcohol motifs (C(OH)–C–C–N with tert-alkyl or cyclic N) is 1. The second kappa shape index (κ2) is 10.9. The van der Waals surface area contributed by atoms with E-state index >= 15 is 0 Å². The zero-order valence-corrected chi connectivity index (χ0v) is 20.6. The quantitative estimate of drug-likeness (QED) is 0.350. The number of nitrogens with one attached hydrogen (secondary N) is 2. The van der Waals surface area contributed by atoms with Gasteiger partial charge in [-0.1, -0.05) is 32.0 Å². The van der Waals surface area contributed by atoms with E-state index in [1.165, 1.54) is 6.08 Å². The van der Waals surface area contributed by atoms with Crippen LogP contribution in [0.5, 0.6) is 0 Å². The zero-order valence-electron chi connectivity index (χ0n) is 20.6. The van der Waals surface area contributed by atoms with Crippen molar-refractivity contribution in [3.63, 3.8) is 0 Å². The van der Waals surface area contributed by atoms with Crippen molar-refractivity contribution in [3.8, 4) is 0 Å². The lowest BCUT2D eigenvalue weighted by atomic mass is 9.94. The average Bonchev–Trinajstić information content (AvgIpc) is 3.20. The molecule has 1 fully saturated rings. The second-order valence-corrected chi connectivity index (χ2v) is 9.58. The number of hydrogen-bond donors (Lipinski definition) is 4. The van der Waals surface area contributed by atoms with Crippen LogP contribution in [0.25, 0.3) is 11.7 Å². The Hall–Kier alpha value is -3.43. The maximum Gasteiger partial charge on any atom is 0.241 e. The van der Waals surface area contributed by atoms with E-state index in [9.17, 15) is 9.90 Å². The number of likely N-dealkylation sites (tertiary alicyclic amines) is 1. The molecule has 9 heteroatoms. The smallest absolute Gasteiger partial charge is 0.241 e. The van der Waals surface area contributed by atoms with Gasteiger partial charge >= 0.3 is 0 Å². The van der Waals surface area contributed by atoms with E-state index in [4.69, 9.17) is 10.8 Å². The highest BCUT2D eigenvalue weighted by Gasteiger charge is 2.27. The highest BCUT2D eigenvalue weighted by atomic mass is 16.3. The normalized spacial score (nSPS) is 19.0. The van der Waals surface area contributed by atoms with Gasteiger partial charge in [-0.3, -0.25) is 4.79 Å². The number of nitrogens with two attached hydrogens (primary N) is 1. The summed E-state index contributed by atoms with van der Waals surface area (Å²) in [6.45, 7) is 7.22. The molecule has 35 heavy (non-hydrogen) atoms. The maximum atomic E-state index is 11.0. The van der Waals surface area contributed by atoms with Crippen molar-refractivity contribution in [2.75, 3.05) is 37.3 Å². The third-order valence-electron chi connectivity index (χ3n) is 6.45. The van der Waals surface area contributed by atoms with Gasteiger partial charge in [-0.25, -0.2) is 4.98 Å². The van der Waals surface area contributed by atoms with Crippen molar-refractivity contribution in [3.05, 3.63) is 59.3 Å². The molecule has 1 saturated heterocycles. The van der Waals surface area contributed by atoms with E-state index in [1.54, 1.807) is 12.3 Å². The van der Waals surface area contributed by atoms with E-state index < -0.39 is 5.91 Å². The maximum absolute atomic E-state index is 11.0. The molecule has 3 aromatic rings. The van der Waals surface area contributed by atoms with Gasteiger partial charge in [0, 0.05) is 43.4 Å². The minimum Gasteiger partial charge on any atom is -0.391 e. The van der Waals surface area contributed by atoms with Crippen LogP contribution in [0, 0.1) is 5.92 Å². The molecule has 4 rings (SSSR count). The van der Waals surface area contributed by atoms with Crippen molar-refractivity contribution < 1.29 is 9.90 Å². The lowest BCUT2D eigenvalue weighted by molar-refractivity contribution is -0.113. The Morgan fingerprint density at radius 3 is 2.89 bits per heavy atom. The molecule has 0 saturated carbocycles. The van der Waals surface area contributed by atoms with Crippen LogP contribution in [-0.2, 0) is 11.3 Å². The molecule has 2 atom stereocenters. The standard InChI is InChI=1S/C26H35N7O2/c1-17(2)24-25(30-15-20-10-12-32(3)16-21(20)34)31-33-23(9-11-28-26(24)33)29-14-19-6-4-5-18(13-19)7-8-22(27)35/h4-9,11,13,17,20-21,29,34H,10,12,14-16H2,1-3H3,(H2,27,35)(H,30,31)/b8-7+/t20-,21+/m1/s1. The summed E-state index contributed by atoms with van der Waals surface area (Å²) in [5, 5.41) is 22.3. The molecular formula is C26H35N7O2. The van der Waals surface area contributed by atoms with Crippen LogP contribution in [0.15, 0.2) is 42.6 Å². The number of fused-ring (bicyclic) bond motifs is 1. The predicted octanol–water partition coefficient (Wildman–Crippen LogP) is 2.69. The first-order valence-electron chi connectivity index (χ1n) is 12.1. The summed E-state index contributed by atoms with van der Waals surface area (Å²) in [4.78, 5) is 17.8. The van der Waals surface area contributed by atoms with Gasteiger partial charge in [0.15, 0.2) is 11.5 Å². The van der Waals surface area contributed by atoms with Gasteiger partial charge in [0.05, 0.1) is 6.10 Å². The number of piperidine rings is 1. The third kappa shape index (κ3) is 5.98. The highest BCUT2D eigenvalue weighted by Crippen LogP contribution is 2.30. The molecule has 0 radical (unpaired) electrons. The Kier molecular flexibility index (Phi) is 7.67. The Morgan fingerprint density at radius 2 is 2.14 bits per heavy atom. The van der Waals surface area contributed by atoms with Gasteiger partial charge in [-0.15, -0.1) is 5.10 Å². The fourth-order valence-corrected chi connectivity index (χ4v) is 4.54. The SMILES string of the molecule is CC(C)c1c(NC[C@H]2CCN(C)C[C@@H]2O)nn2c(NCc3cccc(/C=C/C(N)=O)c3)ccnc12. The minimum absolute atomic E-state index is 0.192. The van der Waals surface area contributed by atoms with Crippen LogP contribution in [0.3, 0.4) is 0 Å². The molecule has 0 unspecified atom stereocenters. The number of aliphatic hydroxyl groups is 1. The summed E-state index contributed by atoms with van der Waals surface area (Å²) < 4.78 is 1.85. The number of amides is 1. The molecule has 1 aromatic carbocycles. The van der Waals surface area contributed by atoms with Gasteiger partial charge in [0.25, 0.3) is 0 Å². The average molecular weight is 478 g/mol. The molecule has 186 valence electrons. The zero-order chi connectivity index (χ0) is 24.9. The first-order chi connectivity index (χ1) is 16.8. The summed E-state index contributed by atoms with van der Waals surface area (Å²) in [6, 6.07) is 9.81. The van der Waals surface area contributed by atoms with Crippen LogP contribution in [0.1, 0.15) is 42.9 Å². The number of aliphatic hydroxyl groups excluding tert-OH is 1. The molecule has 2 aromatic heterocycles. The van der Waals surface area contributed by atoms with Crippen molar-refractivity contribution in [1.82, 2.24) is 19.5 Å². The van der Waals surface area contributed by atoms with Crippen LogP contribution in [0.4, 0.5) is 11.6 Å². The molecule has 1 aliphatic heterocycles. The van der Waals surface area contributed by atoms with E-state index in [2.05, 4.69) is 34.4 Å². The number of likely N-dealkylation sites (N-methyl/N-ethyl adjacent to an activating group) is 1. The predicted molar refractivity (Wildman–Crippen MR) is 139 cm³/mol. The summed E-state index contributed by atoms with van der Waals surface area (Å²) in [6.07, 6.45) is 5.47.